The zero-order valence-electron chi connectivity index (χ0n) is 14.1. The maximum absolute atomic E-state index is 10.3. The summed E-state index contributed by atoms with van der Waals surface area (Å²) in [5, 5.41) is 8.43. The Labute approximate surface area is 141 Å². The Morgan fingerprint density at radius 1 is 0.696 bits per heavy atom. The van der Waals surface area contributed by atoms with Crippen molar-refractivity contribution in [3.63, 3.8) is 0 Å². The lowest BCUT2D eigenvalue weighted by molar-refractivity contribution is -0.136. The molecule has 0 saturated heterocycles. The molecule has 0 aliphatic carbocycles. The lowest BCUT2D eigenvalue weighted by Crippen LogP contribution is -1.91. The van der Waals surface area contributed by atoms with Crippen molar-refractivity contribution in [1.82, 2.24) is 0 Å². The Morgan fingerprint density at radius 3 is 1.70 bits per heavy atom. The molecule has 2 heteroatoms. The highest BCUT2D eigenvalue weighted by molar-refractivity contribution is 5.67. The fourth-order valence-electron chi connectivity index (χ4n) is 1.67. The van der Waals surface area contributed by atoms with Crippen LogP contribution >= 0.6 is 0 Å². The van der Waals surface area contributed by atoms with Crippen LogP contribution in [0.15, 0.2) is 0 Å². The Kier molecular flexibility index (Phi) is 16.0. The molecular formula is C21H26O2. The first-order valence-corrected chi connectivity index (χ1v) is 8.32. The van der Waals surface area contributed by atoms with Gasteiger partial charge in [0, 0.05) is 12.8 Å². The third kappa shape index (κ3) is 19.7. The number of carbonyl (C=O) groups is 1. The van der Waals surface area contributed by atoms with Gasteiger partial charge in [0.05, 0.1) is 25.7 Å². The zero-order chi connectivity index (χ0) is 17.0. The first kappa shape index (κ1) is 20.7. The Morgan fingerprint density at radius 2 is 1.17 bits per heavy atom. The first-order valence-electron chi connectivity index (χ1n) is 8.32. The number of hydrogen-bond donors (Lipinski definition) is 1. The number of carboxylic acid groups (broad SMARTS) is 1. The Hall–Kier alpha value is -2.29. The molecule has 0 heterocycles. The summed E-state index contributed by atoms with van der Waals surface area (Å²) < 4.78 is 0. The molecule has 0 atom stereocenters. The van der Waals surface area contributed by atoms with Crippen LogP contribution in [0.5, 0.6) is 0 Å². The average molecular weight is 310 g/mol. The molecule has 0 rings (SSSR count). The molecule has 0 aromatic heterocycles. The van der Waals surface area contributed by atoms with Crippen molar-refractivity contribution < 1.29 is 9.90 Å². The van der Waals surface area contributed by atoms with E-state index in [1.807, 2.05) is 0 Å². The molecule has 0 amide bonds. The lowest BCUT2D eigenvalue weighted by atomic mass is 10.1. The maximum atomic E-state index is 10.3. The molecule has 1 N–H and O–H groups in total. The number of hydrogen-bond acceptors (Lipinski definition) is 1. The van der Waals surface area contributed by atoms with Crippen molar-refractivity contribution in [1.29, 1.82) is 0 Å². The van der Waals surface area contributed by atoms with Crippen molar-refractivity contribution in [2.45, 2.75) is 77.6 Å². The molecular weight excluding hydrogens is 284 g/mol. The van der Waals surface area contributed by atoms with E-state index in [4.69, 9.17) is 5.11 Å². The molecule has 0 aliphatic heterocycles. The minimum atomic E-state index is -0.819. The summed E-state index contributed by atoms with van der Waals surface area (Å²) in [5.41, 5.74) is 0. The van der Waals surface area contributed by atoms with Crippen LogP contribution in [0.3, 0.4) is 0 Å². The quantitative estimate of drug-likeness (QED) is 0.559. The van der Waals surface area contributed by atoms with E-state index in [1.165, 1.54) is 32.1 Å². The second-order valence-electron chi connectivity index (χ2n) is 5.00. The number of aliphatic carboxylic acids is 1. The zero-order valence-corrected chi connectivity index (χ0v) is 14.1. The van der Waals surface area contributed by atoms with Crippen molar-refractivity contribution in [2.24, 2.45) is 0 Å². The molecule has 0 fully saturated rings. The van der Waals surface area contributed by atoms with Crippen molar-refractivity contribution in [3.8, 4) is 47.4 Å². The highest BCUT2D eigenvalue weighted by Gasteiger charge is 1.90. The molecule has 0 aromatic rings. The van der Waals surface area contributed by atoms with Crippen molar-refractivity contribution in [2.75, 3.05) is 0 Å². The molecule has 0 unspecified atom stereocenters. The van der Waals surface area contributed by atoms with E-state index >= 15 is 0 Å². The van der Waals surface area contributed by atoms with Gasteiger partial charge in [-0.1, -0.05) is 68.1 Å². The molecule has 23 heavy (non-hydrogen) atoms. The highest BCUT2D eigenvalue weighted by atomic mass is 16.4. The van der Waals surface area contributed by atoms with E-state index in [0.717, 1.165) is 6.42 Å². The van der Waals surface area contributed by atoms with E-state index in [0.29, 0.717) is 25.7 Å². The molecule has 0 spiro atoms. The van der Waals surface area contributed by atoms with Crippen LogP contribution < -0.4 is 0 Å². The van der Waals surface area contributed by atoms with Crippen LogP contribution in [0.1, 0.15) is 77.6 Å². The van der Waals surface area contributed by atoms with Gasteiger partial charge in [-0.05, 0) is 6.42 Å². The number of carboxylic acids is 1. The van der Waals surface area contributed by atoms with Gasteiger partial charge >= 0.3 is 5.97 Å². The molecule has 0 aromatic carbocycles. The molecule has 0 radical (unpaired) electrons. The van der Waals surface area contributed by atoms with Crippen LogP contribution in [-0.4, -0.2) is 11.1 Å². The second-order valence-corrected chi connectivity index (χ2v) is 5.00. The summed E-state index contributed by atoms with van der Waals surface area (Å²) in [5.74, 6) is 22.8. The molecule has 0 aliphatic rings. The monoisotopic (exact) mass is 310 g/mol. The fourth-order valence-corrected chi connectivity index (χ4v) is 1.67. The van der Waals surface area contributed by atoms with Crippen molar-refractivity contribution >= 4 is 5.97 Å². The molecule has 0 bridgehead atoms. The SMILES string of the molecule is CCCCCCCC#CCC#CCC#CCC#CCCC(=O)O. The third-order valence-electron chi connectivity index (χ3n) is 2.90. The predicted molar refractivity (Wildman–Crippen MR) is 95.2 cm³/mol. The van der Waals surface area contributed by atoms with Gasteiger partial charge in [-0.2, -0.15) is 0 Å². The van der Waals surface area contributed by atoms with Crippen LogP contribution in [0.2, 0.25) is 0 Å². The van der Waals surface area contributed by atoms with E-state index in [2.05, 4.69) is 54.3 Å². The largest absolute Gasteiger partial charge is 0.481 e. The van der Waals surface area contributed by atoms with E-state index in [9.17, 15) is 4.79 Å². The van der Waals surface area contributed by atoms with E-state index in [1.54, 1.807) is 0 Å². The minimum absolute atomic E-state index is 0.0890. The van der Waals surface area contributed by atoms with Gasteiger partial charge < -0.3 is 5.11 Å². The maximum Gasteiger partial charge on any atom is 0.304 e. The first-order chi connectivity index (χ1) is 11.3. The summed E-state index contributed by atoms with van der Waals surface area (Å²) in [6.45, 7) is 2.22. The van der Waals surface area contributed by atoms with Gasteiger partial charge in [0.15, 0.2) is 0 Å². The number of rotatable bonds is 7. The van der Waals surface area contributed by atoms with Gasteiger partial charge in [0.25, 0.3) is 0 Å². The van der Waals surface area contributed by atoms with Gasteiger partial charge in [0.1, 0.15) is 0 Å². The molecule has 0 saturated carbocycles. The lowest BCUT2D eigenvalue weighted by Gasteiger charge is -1.94. The highest BCUT2D eigenvalue weighted by Crippen LogP contribution is 2.03. The fraction of sp³-hybridized carbons (Fsp3) is 0.571. The van der Waals surface area contributed by atoms with Crippen LogP contribution in [0.4, 0.5) is 0 Å². The van der Waals surface area contributed by atoms with E-state index in [-0.39, 0.29) is 6.42 Å². The smallest absolute Gasteiger partial charge is 0.304 e. The van der Waals surface area contributed by atoms with E-state index < -0.39 is 5.97 Å². The van der Waals surface area contributed by atoms with Gasteiger partial charge in [-0.15, -0.1) is 11.8 Å². The number of unbranched alkanes of at least 4 members (excludes halogenated alkanes) is 5. The van der Waals surface area contributed by atoms with Crippen LogP contribution in [0, 0.1) is 47.4 Å². The predicted octanol–water partition coefficient (Wildman–Crippen LogP) is 4.40. The summed E-state index contributed by atoms with van der Waals surface area (Å²) in [7, 11) is 0. The van der Waals surface area contributed by atoms with Crippen molar-refractivity contribution in [3.05, 3.63) is 0 Å². The second kappa shape index (κ2) is 17.8. The van der Waals surface area contributed by atoms with Crippen LogP contribution in [0.25, 0.3) is 0 Å². The summed E-state index contributed by atoms with van der Waals surface area (Å²) >= 11 is 0. The average Bonchev–Trinajstić information content (AvgIpc) is 2.53. The Bertz CT molecular complexity index is 556. The summed E-state index contributed by atoms with van der Waals surface area (Å²) in [6, 6.07) is 0. The van der Waals surface area contributed by atoms with Gasteiger partial charge in [-0.3, -0.25) is 4.79 Å². The normalized spacial score (nSPS) is 8.22. The van der Waals surface area contributed by atoms with Crippen LogP contribution in [-0.2, 0) is 4.79 Å². The minimum Gasteiger partial charge on any atom is -0.481 e. The summed E-state index contributed by atoms with van der Waals surface area (Å²) in [6.07, 6.45) is 9.48. The molecule has 2 nitrogen and oxygen atoms in total. The standard InChI is InChI=1S/C21H26O2/c1-2-3-4-5-6-7-8-9-10-11-12-13-14-15-16-17-18-19-20-21(22)23/h2-7,10,13,16,19-20H2,1H3,(H,22,23). The Balaban J connectivity index is 3.56. The van der Waals surface area contributed by atoms with Gasteiger partial charge in [0.2, 0.25) is 0 Å². The third-order valence-corrected chi connectivity index (χ3v) is 2.90. The van der Waals surface area contributed by atoms with Gasteiger partial charge in [-0.25, -0.2) is 0 Å². The topological polar surface area (TPSA) is 37.3 Å². The summed E-state index contributed by atoms with van der Waals surface area (Å²) in [4.78, 5) is 10.3. The molecule has 122 valence electrons.